The monoisotopic (exact) mass is 428 g/mol. The molecule has 4 rings (SSSR count). The van der Waals surface area contributed by atoms with E-state index in [4.69, 9.17) is 11.6 Å². The smallest absolute Gasteiger partial charge is 0.252 e. The molecule has 1 fully saturated rings. The summed E-state index contributed by atoms with van der Waals surface area (Å²) in [6.07, 6.45) is 2.74. The Morgan fingerprint density at radius 2 is 1.97 bits per heavy atom. The number of hydrogen-bond acceptors (Lipinski definition) is 3. The third-order valence-corrected chi connectivity index (χ3v) is 6.01. The number of benzene rings is 2. The molecule has 2 heterocycles. The Kier molecular flexibility index (Phi) is 6.37. The van der Waals surface area contributed by atoms with Gasteiger partial charge in [-0.15, -0.1) is 0 Å². The molecule has 0 aliphatic carbocycles. The van der Waals surface area contributed by atoms with E-state index in [-0.39, 0.29) is 11.7 Å². The van der Waals surface area contributed by atoms with Crippen molar-refractivity contribution in [3.05, 3.63) is 59.0 Å². The molecule has 7 heteroatoms. The number of rotatable bonds is 6. The van der Waals surface area contributed by atoms with E-state index in [1.807, 2.05) is 12.3 Å². The largest absolute Gasteiger partial charge is 0.360 e. The molecule has 1 amide bonds. The van der Waals surface area contributed by atoms with Crippen LogP contribution in [0.5, 0.6) is 0 Å². The molecule has 0 bridgehead atoms. The summed E-state index contributed by atoms with van der Waals surface area (Å²) in [6, 6.07) is 10.0. The van der Waals surface area contributed by atoms with E-state index in [0.717, 1.165) is 61.2 Å². The second kappa shape index (κ2) is 9.16. The van der Waals surface area contributed by atoms with Crippen molar-refractivity contribution in [2.45, 2.75) is 6.42 Å². The van der Waals surface area contributed by atoms with Crippen molar-refractivity contribution in [1.82, 2.24) is 20.1 Å². The zero-order valence-corrected chi connectivity index (χ0v) is 17.8. The fourth-order valence-corrected chi connectivity index (χ4v) is 4.14. The highest BCUT2D eigenvalue weighted by molar-refractivity contribution is 6.34. The zero-order chi connectivity index (χ0) is 21.1. The van der Waals surface area contributed by atoms with Gasteiger partial charge in [0.15, 0.2) is 0 Å². The summed E-state index contributed by atoms with van der Waals surface area (Å²) >= 11 is 6.42. The van der Waals surface area contributed by atoms with Crippen molar-refractivity contribution >= 4 is 28.4 Å². The number of nitrogens with one attached hydrogen (secondary N) is 2. The second-order valence-electron chi connectivity index (χ2n) is 7.84. The highest BCUT2D eigenvalue weighted by atomic mass is 35.5. The lowest BCUT2D eigenvalue weighted by Gasteiger charge is -2.32. The molecular formula is C23H26ClFN4O. The van der Waals surface area contributed by atoms with Crippen LogP contribution in [-0.4, -0.2) is 67.0 Å². The highest BCUT2D eigenvalue weighted by Gasteiger charge is 2.15. The summed E-state index contributed by atoms with van der Waals surface area (Å²) in [5.41, 5.74) is 2.99. The van der Waals surface area contributed by atoms with Gasteiger partial charge < -0.3 is 20.1 Å². The fourth-order valence-electron chi connectivity index (χ4n) is 3.88. The van der Waals surface area contributed by atoms with E-state index in [1.54, 1.807) is 18.2 Å². The van der Waals surface area contributed by atoms with Crippen LogP contribution in [0.2, 0.25) is 5.02 Å². The number of H-pyrrole nitrogens is 1. The van der Waals surface area contributed by atoms with Gasteiger partial charge in [0.1, 0.15) is 5.82 Å². The molecule has 158 valence electrons. The molecule has 0 saturated carbocycles. The van der Waals surface area contributed by atoms with Gasteiger partial charge in [-0.1, -0.05) is 17.7 Å². The van der Waals surface area contributed by atoms with Gasteiger partial charge in [0.2, 0.25) is 0 Å². The van der Waals surface area contributed by atoms with Crippen molar-refractivity contribution < 1.29 is 9.18 Å². The van der Waals surface area contributed by atoms with E-state index >= 15 is 0 Å². The summed E-state index contributed by atoms with van der Waals surface area (Å²) in [4.78, 5) is 20.4. The highest BCUT2D eigenvalue weighted by Crippen LogP contribution is 2.31. The van der Waals surface area contributed by atoms with Gasteiger partial charge in [-0.3, -0.25) is 4.79 Å². The second-order valence-corrected chi connectivity index (χ2v) is 8.25. The number of carbonyl (C=O) groups is 1. The van der Waals surface area contributed by atoms with E-state index in [9.17, 15) is 9.18 Å². The third-order valence-electron chi connectivity index (χ3n) is 5.70. The minimum atomic E-state index is -0.284. The van der Waals surface area contributed by atoms with Crippen LogP contribution in [0, 0.1) is 5.82 Å². The van der Waals surface area contributed by atoms with Crippen LogP contribution < -0.4 is 5.32 Å². The molecule has 1 aromatic heterocycles. The molecule has 0 spiro atoms. The average Bonchev–Trinajstić information content (AvgIpc) is 3.15. The Bertz CT molecular complexity index is 1040. The van der Waals surface area contributed by atoms with Crippen LogP contribution in [0.25, 0.3) is 22.0 Å². The zero-order valence-electron chi connectivity index (χ0n) is 17.0. The third kappa shape index (κ3) is 4.67. The van der Waals surface area contributed by atoms with Gasteiger partial charge in [0.25, 0.3) is 5.91 Å². The molecule has 0 unspecified atom stereocenters. The van der Waals surface area contributed by atoms with Gasteiger partial charge >= 0.3 is 0 Å². The maximum absolute atomic E-state index is 13.4. The molecule has 2 aromatic carbocycles. The van der Waals surface area contributed by atoms with Gasteiger partial charge in [0.05, 0.1) is 10.6 Å². The Morgan fingerprint density at radius 3 is 2.73 bits per heavy atom. The standard InChI is InChI=1S/C23H26ClFN4O/c1-28-9-11-29(12-10-28)8-2-7-26-23(30)19-5-3-16(13-21(19)24)20-15-27-22-14-17(25)4-6-18(20)22/h3-6,13-15,27H,2,7-12H2,1H3,(H,26,30). The topological polar surface area (TPSA) is 51.4 Å². The molecule has 1 aliphatic rings. The summed E-state index contributed by atoms with van der Waals surface area (Å²) in [6.45, 7) is 5.97. The van der Waals surface area contributed by atoms with E-state index in [2.05, 4.69) is 27.1 Å². The Balaban J connectivity index is 1.36. The number of aromatic amines is 1. The van der Waals surface area contributed by atoms with E-state index in [1.165, 1.54) is 12.1 Å². The van der Waals surface area contributed by atoms with Crippen LogP contribution in [0.1, 0.15) is 16.8 Å². The van der Waals surface area contributed by atoms with Gasteiger partial charge in [-0.2, -0.15) is 0 Å². The molecule has 1 saturated heterocycles. The van der Waals surface area contributed by atoms with Gasteiger partial charge in [0, 0.05) is 55.4 Å². The lowest BCUT2D eigenvalue weighted by atomic mass is 10.0. The predicted octanol–water partition coefficient (Wildman–Crippen LogP) is 3.99. The maximum atomic E-state index is 13.4. The summed E-state index contributed by atoms with van der Waals surface area (Å²) in [5.74, 6) is -0.445. The fraction of sp³-hybridized carbons (Fsp3) is 0.348. The van der Waals surface area contributed by atoms with Crippen molar-refractivity contribution in [2.75, 3.05) is 46.3 Å². The normalized spacial score (nSPS) is 15.6. The summed E-state index contributed by atoms with van der Waals surface area (Å²) in [5, 5.41) is 4.28. The van der Waals surface area contributed by atoms with E-state index in [0.29, 0.717) is 17.1 Å². The number of fused-ring (bicyclic) bond motifs is 1. The number of piperazine rings is 1. The van der Waals surface area contributed by atoms with Crippen molar-refractivity contribution in [1.29, 1.82) is 0 Å². The molecule has 1 aliphatic heterocycles. The Hall–Kier alpha value is -2.41. The van der Waals surface area contributed by atoms with Crippen molar-refractivity contribution in [3.8, 4) is 11.1 Å². The van der Waals surface area contributed by atoms with E-state index < -0.39 is 0 Å². The van der Waals surface area contributed by atoms with Gasteiger partial charge in [-0.25, -0.2) is 4.39 Å². The molecule has 0 atom stereocenters. The maximum Gasteiger partial charge on any atom is 0.252 e. The first-order chi connectivity index (χ1) is 14.5. The number of halogens is 2. The number of likely N-dealkylation sites (N-methyl/N-ethyl adjacent to an activating group) is 1. The van der Waals surface area contributed by atoms with Crippen LogP contribution in [0.3, 0.4) is 0 Å². The number of carbonyl (C=O) groups excluding carboxylic acids is 1. The van der Waals surface area contributed by atoms with Crippen molar-refractivity contribution in [2.24, 2.45) is 0 Å². The number of hydrogen-bond donors (Lipinski definition) is 2. The molecular weight excluding hydrogens is 403 g/mol. The van der Waals surface area contributed by atoms with Crippen LogP contribution in [0.15, 0.2) is 42.6 Å². The first kappa shape index (κ1) is 20.8. The Morgan fingerprint density at radius 1 is 1.17 bits per heavy atom. The number of aromatic nitrogens is 1. The minimum absolute atomic E-state index is 0.161. The Labute approximate surface area is 180 Å². The molecule has 0 radical (unpaired) electrons. The van der Waals surface area contributed by atoms with Crippen LogP contribution in [0.4, 0.5) is 4.39 Å². The lowest BCUT2D eigenvalue weighted by Crippen LogP contribution is -2.45. The lowest BCUT2D eigenvalue weighted by molar-refractivity contribution is 0.0949. The summed E-state index contributed by atoms with van der Waals surface area (Å²) in [7, 11) is 2.14. The predicted molar refractivity (Wildman–Crippen MR) is 120 cm³/mol. The minimum Gasteiger partial charge on any atom is -0.360 e. The SMILES string of the molecule is CN1CCN(CCCNC(=O)c2ccc(-c3c[nH]c4cc(F)ccc34)cc2Cl)CC1. The number of nitrogens with zero attached hydrogens (tertiary/aromatic N) is 2. The quantitative estimate of drug-likeness (QED) is 0.583. The molecule has 5 nitrogen and oxygen atoms in total. The van der Waals surface area contributed by atoms with Crippen molar-refractivity contribution in [3.63, 3.8) is 0 Å². The molecule has 2 N–H and O–H groups in total. The average molecular weight is 429 g/mol. The van der Waals surface area contributed by atoms with Crippen LogP contribution in [-0.2, 0) is 0 Å². The molecule has 30 heavy (non-hydrogen) atoms. The van der Waals surface area contributed by atoms with Crippen LogP contribution >= 0.6 is 11.6 Å². The molecule has 3 aromatic rings. The number of amides is 1. The summed E-state index contributed by atoms with van der Waals surface area (Å²) < 4.78 is 13.4. The first-order valence-electron chi connectivity index (χ1n) is 10.3. The van der Waals surface area contributed by atoms with Gasteiger partial charge in [-0.05, 0) is 55.9 Å². The first-order valence-corrected chi connectivity index (χ1v) is 10.6.